The van der Waals surface area contributed by atoms with Crippen LogP contribution >= 0.6 is 0 Å². The standard InChI is InChI=1S/C21H33FN2O8S/c1-5-31-21(27)24(12-20(25)26)14-30-9-6-10-33(28,29)23-16(4)17-7-8-18(22)19(11-17)32-13-15(2)3/h7-8,11,15-16,23H,5-6,9-10,12-14H2,1-4H3,(H,25,26). The fourth-order valence-corrected chi connectivity index (χ4v) is 3.91. The largest absolute Gasteiger partial charge is 0.490 e. The molecule has 188 valence electrons. The number of aliphatic carboxylic acids is 1. The van der Waals surface area contributed by atoms with E-state index in [2.05, 4.69) is 4.72 Å². The Kier molecular flexibility index (Phi) is 12.1. The summed E-state index contributed by atoms with van der Waals surface area (Å²) in [5.74, 6) is -1.74. The summed E-state index contributed by atoms with van der Waals surface area (Å²) < 4.78 is 56.7. The van der Waals surface area contributed by atoms with Gasteiger partial charge in [-0.3, -0.25) is 9.69 Å². The van der Waals surface area contributed by atoms with Crippen LogP contribution < -0.4 is 9.46 Å². The number of carbonyl (C=O) groups is 2. The van der Waals surface area contributed by atoms with Crippen molar-refractivity contribution in [2.24, 2.45) is 5.92 Å². The fourth-order valence-electron chi connectivity index (χ4n) is 2.62. The van der Waals surface area contributed by atoms with Gasteiger partial charge in [0.05, 0.1) is 19.0 Å². The number of ether oxygens (including phenoxy) is 3. The van der Waals surface area contributed by atoms with Gasteiger partial charge in [0.1, 0.15) is 13.3 Å². The van der Waals surface area contributed by atoms with Crippen molar-refractivity contribution in [3.63, 3.8) is 0 Å². The number of carbonyl (C=O) groups excluding carboxylic acids is 1. The third-order valence-corrected chi connectivity index (χ3v) is 5.72. The number of nitrogens with one attached hydrogen (secondary N) is 1. The highest BCUT2D eigenvalue weighted by Gasteiger charge is 2.19. The third kappa shape index (κ3) is 11.3. The maximum atomic E-state index is 13.9. The zero-order valence-corrected chi connectivity index (χ0v) is 20.2. The second kappa shape index (κ2) is 14.0. The molecule has 0 aliphatic heterocycles. The number of nitrogens with zero attached hydrogens (tertiary/aromatic N) is 1. The van der Waals surface area contributed by atoms with Gasteiger partial charge < -0.3 is 19.3 Å². The Labute approximate surface area is 194 Å². The summed E-state index contributed by atoms with van der Waals surface area (Å²) in [5.41, 5.74) is 0.550. The summed E-state index contributed by atoms with van der Waals surface area (Å²) in [6, 6.07) is 3.57. The van der Waals surface area contributed by atoms with Crippen molar-refractivity contribution >= 4 is 22.1 Å². The van der Waals surface area contributed by atoms with E-state index in [1.54, 1.807) is 13.8 Å². The van der Waals surface area contributed by atoms with Gasteiger partial charge in [0, 0.05) is 12.6 Å². The molecule has 0 aliphatic carbocycles. The van der Waals surface area contributed by atoms with Crippen molar-refractivity contribution in [1.82, 2.24) is 9.62 Å². The number of benzene rings is 1. The molecule has 0 spiro atoms. The van der Waals surface area contributed by atoms with E-state index < -0.39 is 40.5 Å². The summed E-state index contributed by atoms with van der Waals surface area (Å²) in [7, 11) is -3.69. The zero-order valence-electron chi connectivity index (χ0n) is 19.4. The zero-order chi connectivity index (χ0) is 25.0. The molecule has 0 bridgehead atoms. The molecule has 0 aromatic heterocycles. The van der Waals surface area contributed by atoms with Gasteiger partial charge in [-0.2, -0.15) is 0 Å². The SMILES string of the molecule is CCOC(=O)N(COCCCS(=O)(=O)NC(C)c1ccc(F)c(OCC(C)C)c1)CC(=O)O. The Morgan fingerprint density at radius 2 is 1.94 bits per heavy atom. The van der Waals surface area contributed by atoms with Gasteiger partial charge in [0.15, 0.2) is 11.6 Å². The smallest absolute Gasteiger partial charge is 0.412 e. The molecule has 0 fully saturated rings. The molecule has 1 unspecified atom stereocenters. The molecular weight excluding hydrogens is 459 g/mol. The third-order valence-electron chi connectivity index (χ3n) is 4.18. The highest BCUT2D eigenvalue weighted by molar-refractivity contribution is 7.89. The maximum absolute atomic E-state index is 13.9. The van der Waals surface area contributed by atoms with Crippen LogP contribution in [0.1, 0.15) is 45.7 Å². The first-order valence-corrected chi connectivity index (χ1v) is 12.2. The Morgan fingerprint density at radius 3 is 2.55 bits per heavy atom. The molecule has 0 radical (unpaired) electrons. The van der Waals surface area contributed by atoms with Crippen molar-refractivity contribution in [2.75, 3.05) is 38.8 Å². The fraction of sp³-hybridized carbons (Fsp3) is 0.619. The van der Waals surface area contributed by atoms with E-state index in [0.717, 1.165) is 4.90 Å². The molecule has 1 amide bonds. The Morgan fingerprint density at radius 1 is 1.24 bits per heavy atom. The van der Waals surface area contributed by atoms with Crippen LogP contribution in [0.25, 0.3) is 0 Å². The number of halogens is 1. The van der Waals surface area contributed by atoms with Crippen LogP contribution in [0.15, 0.2) is 18.2 Å². The number of carboxylic acids is 1. The van der Waals surface area contributed by atoms with Crippen molar-refractivity contribution < 1.29 is 41.7 Å². The first-order chi connectivity index (χ1) is 15.4. The number of sulfonamides is 1. The number of rotatable bonds is 15. The van der Waals surface area contributed by atoms with Crippen LogP contribution in [0.2, 0.25) is 0 Å². The van der Waals surface area contributed by atoms with E-state index in [4.69, 9.17) is 19.3 Å². The summed E-state index contributed by atoms with van der Waals surface area (Å²) in [6.07, 6.45) is -0.725. The molecule has 1 atom stereocenters. The van der Waals surface area contributed by atoms with Crippen LogP contribution in [-0.4, -0.2) is 69.3 Å². The minimum Gasteiger partial charge on any atom is -0.490 e. The molecule has 12 heteroatoms. The molecule has 2 N–H and O–H groups in total. The molecule has 0 saturated carbocycles. The van der Waals surface area contributed by atoms with Crippen LogP contribution in [0, 0.1) is 11.7 Å². The minimum absolute atomic E-state index is 0.0193. The van der Waals surface area contributed by atoms with E-state index in [1.807, 2.05) is 13.8 Å². The number of amides is 1. The molecule has 0 aliphatic rings. The topological polar surface area (TPSA) is 131 Å². The summed E-state index contributed by atoms with van der Waals surface area (Å²) in [6.45, 7) is 6.54. The lowest BCUT2D eigenvalue weighted by atomic mass is 10.1. The lowest BCUT2D eigenvalue weighted by Crippen LogP contribution is -2.38. The maximum Gasteiger partial charge on any atom is 0.412 e. The molecule has 0 heterocycles. The molecular formula is C21H33FN2O8S. The van der Waals surface area contributed by atoms with Gasteiger partial charge >= 0.3 is 12.1 Å². The minimum atomic E-state index is -3.69. The lowest BCUT2D eigenvalue weighted by Gasteiger charge is -2.20. The van der Waals surface area contributed by atoms with Gasteiger partial charge in [-0.05, 0) is 43.9 Å². The molecule has 10 nitrogen and oxygen atoms in total. The van der Waals surface area contributed by atoms with Gasteiger partial charge in [-0.25, -0.2) is 22.3 Å². The van der Waals surface area contributed by atoms with E-state index in [9.17, 15) is 22.4 Å². The molecule has 33 heavy (non-hydrogen) atoms. The quantitative estimate of drug-likeness (QED) is 0.282. The van der Waals surface area contributed by atoms with E-state index in [-0.39, 0.29) is 43.8 Å². The molecule has 1 aromatic rings. The van der Waals surface area contributed by atoms with Crippen LogP contribution in [-0.2, 0) is 24.3 Å². The van der Waals surface area contributed by atoms with E-state index >= 15 is 0 Å². The van der Waals surface area contributed by atoms with E-state index in [0.29, 0.717) is 12.2 Å². The van der Waals surface area contributed by atoms with Crippen molar-refractivity contribution in [3.05, 3.63) is 29.6 Å². The van der Waals surface area contributed by atoms with Crippen LogP contribution in [0.5, 0.6) is 5.75 Å². The first-order valence-electron chi connectivity index (χ1n) is 10.6. The average Bonchev–Trinajstić information content (AvgIpc) is 2.71. The van der Waals surface area contributed by atoms with Crippen molar-refractivity contribution in [2.45, 2.75) is 40.2 Å². The summed E-state index contributed by atoms with van der Waals surface area (Å²) in [4.78, 5) is 23.4. The van der Waals surface area contributed by atoms with Crippen LogP contribution in [0.3, 0.4) is 0 Å². The molecule has 0 saturated heterocycles. The second-order valence-corrected chi connectivity index (χ2v) is 9.61. The summed E-state index contributed by atoms with van der Waals surface area (Å²) in [5, 5.41) is 8.85. The average molecular weight is 493 g/mol. The van der Waals surface area contributed by atoms with Gasteiger partial charge in [0.2, 0.25) is 10.0 Å². The highest BCUT2D eigenvalue weighted by Crippen LogP contribution is 2.24. The molecule has 1 aromatic carbocycles. The summed E-state index contributed by atoms with van der Waals surface area (Å²) >= 11 is 0. The second-order valence-electron chi connectivity index (χ2n) is 7.73. The monoisotopic (exact) mass is 492 g/mol. The van der Waals surface area contributed by atoms with Crippen molar-refractivity contribution in [3.8, 4) is 5.75 Å². The predicted molar refractivity (Wildman–Crippen MR) is 119 cm³/mol. The highest BCUT2D eigenvalue weighted by atomic mass is 32.2. The van der Waals surface area contributed by atoms with Crippen LogP contribution in [0.4, 0.5) is 9.18 Å². The Hall–Kier alpha value is -2.44. The predicted octanol–water partition coefficient (Wildman–Crippen LogP) is 2.75. The number of hydrogen-bond acceptors (Lipinski definition) is 7. The van der Waals surface area contributed by atoms with Gasteiger partial charge in [-0.15, -0.1) is 0 Å². The number of carboxylic acid groups (broad SMARTS) is 1. The number of hydrogen-bond donors (Lipinski definition) is 2. The normalized spacial score (nSPS) is 12.4. The van der Waals surface area contributed by atoms with E-state index in [1.165, 1.54) is 18.2 Å². The van der Waals surface area contributed by atoms with Gasteiger partial charge in [0.25, 0.3) is 0 Å². The molecule has 1 rings (SSSR count). The Bertz CT molecular complexity index is 879. The Balaban J connectivity index is 2.55. The van der Waals surface area contributed by atoms with Gasteiger partial charge in [-0.1, -0.05) is 19.9 Å². The lowest BCUT2D eigenvalue weighted by molar-refractivity contribution is -0.139. The first kappa shape index (κ1) is 28.6. The van der Waals surface area contributed by atoms with Crippen molar-refractivity contribution in [1.29, 1.82) is 0 Å².